The smallest absolute Gasteiger partial charge is 0.308 e. The summed E-state index contributed by atoms with van der Waals surface area (Å²) in [7, 11) is 0. The largest absolute Gasteiger partial charge is 0.325 e. The van der Waals surface area contributed by atoms with Gasteiger partial charge in [-0.2, -0.15) is 0 Å². The van der Waals surface area contributed by atoms with Crippen LogP contribution in [0.25, 0.3) is 10.2 Å². The van der Waals surface area contributed by atoms with E-state index in [1.807, 2.05) is 70.2 Å². The van der Waals surface area contributed by atoms with E-state index < -0.39 is 0 Å². The lowest BCUT2D eigenvalue weighted by atomic mass is 10.2. The van der Waals surface area contributed by atoms with E-state index in [9.17, 15) is 9.59 Å². The molecule has 3 rings (SSSR count). The third kappa shape index (κ3) is 4.02. The van der Waals surface area contributed by atoms with Crippen molar-refractivity contribution in [1.82, 2.24) is 4.57 Å². The molecule has 4 nitrogen and oxygen atoms in total. The molecule has 3 aromatic rings. The number of fused-ring (bicyclic) bond motifs is 1. The molecule has 0 bridgehead atoms. The number of anilines is 1. The van der Waals surface area contributed by atoms with Crippen LogP contribution in [0.4, 0.5) is 5.69 Å². The minimum atomic E-state index is -0.215. The molecular weight excluding hydrogens is 364 g/mol. The molecule has 0 spiro atoms. The van der Waals surface area contributed by atoms with Crippen LogP contribution in [0.5, 0.6) is 0 Å². The molecule has 1 amide bonds. The van der Waals surface area contributed by atoms with Gasteiger partial charge in [-0.25, -0.2) is 0 Å². The Balaban J connectivity index is 1.74. The molecule has 1 heterocycles. The number of thiazole rings is 1. The van der Waals surface area contributed by atoms with E-state index in [0.29, 0.717) is 0 Å². The lowest BCUT2D eigenvalue weighted by Gasteiger charge is -2.13. The Morgan fingerprint density at radius 3 is 2.46 bits per heavy atom. The average Bonchev–Trinajstić information content (AvgIpc) is 2.92. The molecule has 26 heavy (non-hydrogen) atoms. The van der Waals surface area contributed by atoms with Gasteiger partial charge in [-0.15, -0.1) is 11.8 Å². The summed E-state index contributed by atoms with van der Waals surface area (Å²) < 4.78 is 2.67. The Kier molecular flexibility index (Phi) is 5.53. The van der Waals surface area contributed by atoms with Crippen molar-refractivity contribution in [3.8, 4) is 0 Å². The van der Waals surface area contributed by atoms with Crippen molar-refractivity contribution < 1.29 is 4.79 Å². The van der Waals surface area contributed by atoms with Crippen LogP contribution in [-0.4, -0.2) is 15.7 Å². The van der Waals surface area contributed by atoms with Crippen LogP contribution in [0.3, 0.4) is 0 Å². The van der Waals surface area contributed by atoms with Gasteiger partial charge in [0.15, 0.2) is 0 Å². The second kappa shape index (κ2) is 7.68. The van der Waals surface area contributed by atoms with Crippen LogP contribution in [0, 0.1) is 6.92 Å². The highest BCUT2D eigenvalue weighted by molar-refractivity contribution is 8.00. The van der Waals surface area contributed by atoms with E-state index in [4.69, 9.17) is 0 Å². The number of nitrogens with one attached hydrogen (secondary N) is 1. The Morgan fingerprint density at radius 1 is 1.12 bits per heavy atom. The summed E-state index contributed by atoms with van der Waals surface area (Å²) in [5.74, 6) is -0.0504. The summed E-state index contributed by atoms with van der Waals surface area (Å²) in [6.45, 7) is 7.92. The number of aromatic nitrogens is 1. The molecule has 0 aliphatic rings. The molecule has 0 saturated heterocycles. The second-order valence-corrected chi connectivity index (χ2v) is 8.98. The van der Waals surface area contributed by atoms with Crippen LogP contribution in [0.2, 0.25) is 0 Å². The number of thioether (sulfide) groups is 1. The summed E-state index contributed by atoms with van der Waals surface area (Å²) in [6.07, 6.45) is 0. The number of hydrogen-bond acceptors (Lipinski definition) is 4. The number of amides is 1. The summed E-state index contributed by atoms with van der Waals surface area (Å²) in [4.78, 5) is 25.7. The van der Waals surface area contributed by atoms with Gasteiger partial charge in [0.05, 0.1) is 15.5 Å². The van der Waals surface area contributed by atoms with Crippen molar-refractivity contribution in [2.75, 3.05) is 5.32 Å². The first-order chi connectivity index (χ1) is 12.3. The topological polar surface area (TPSA) is 51.1 Å². The minimum Gasteiger partial charge on any atom is -0.325 e. The lowest BCUT2D eigenvalue weighted by Crippen LogP contribution is -2.22. The zero-order valence-corrected chi connectivity index (χ0v) is 16.9. The molecule has 0 aliphatic carbocycles. The zero-order chi connectivity index (χ0) is 18.8. The van der Waals surface area contributed by atoms with Gasteiger partial charge in [0.25, 0.3) is 0 Å². The fourth-order valence-corrected chi connectivity index (χ4v) is 4.64. The molecule has 1 aromatic heterocycles. The summed E-state index contributed by atoms with van der Waals surface area (Å²) >= 11 is 2.74. The fraction of sp³-hybridized carbons (Fsp3) is 0.300. The highest BCUT2D eigenvalue weighted by Gasteiger charge is 2.16. The fourth-order valence-electron chi connectivity index (χ4n) is 2.72. The standard InChI is InChI=1S/C20H22N2O2S2/c1-12(2)22-17-10-7-15(11-18(17)26-20(22)24)21-19(23)14(4)25-16-8-5-13(3)6-9-16/h5-12,14H,1-4H3,(H,21,23)/t14-/m0/s1. The molecule has 6 heteroatoms. The van der Waals surface area contributed by atoms with E-state index >= 15 is 0 Å². The molecule has 1 atom stereocenters. The molecular formula is C20H22N2O2S2. The van der Waals surface area contributed by atoms with E-state index in [2.05, 4.69) is 5.32 Å². The maximum Gasteiger partial charge on any atom is 0.308 e. The number of hydrogen-bond donors (Lipinski definition) is 1. The SMILES string of the molecule is Cc1ccc(S[C@@H](C)C(=O)Nc2ccc3c(c2)sc(=O)n3C(C)C)cc1. The number of carbonyl (C=O) groups excluding carboxylic acids is 1. The third-order valence-electron chi connectivity index (χ3n) is 4.10. The summed E-state index contributed by atoms with van der Waals surface area (Å²) in [5.41, 5.74) is 2.83. The predicted molar refractivity (Wildman–Crippen MR) is 112 cm³/mol. The van der Waals surface area contributed by atoms with E-state index in [1.165, 1.54) is 28.7 Å². The molecule has 0 aliphatic heterocycles. The van der Waals surface area contributed by atoms with Gasteiger partial charge in [0, 0.05) is 16.6 Å². The van der Waals surface area contributed by atoms with Gasteiger partial charge < -0.3 is 5.32 Å². The molecule has 2 aromatic carbocycles. The van der Waals surface area contributed by atoms with Crippen LogP contribution in [0.15, 0.2) is 52.2 Å². The van der Waals surface area contributed by atoms with Crippen molar-refractivity contribution in [3.63, 3.8) is 0 Å². The maximum absolute atomic E-state index is 12.5. The lowest BCUT2D eigenvalue weighted by molar-refractivity contribution is -0.115. The number of rotatable bonds is 5. The maximum atomic E-state index is 12.5. The summed E-state index contributed by atoms with van der Waals surface area (Å²) in [6, 6.07) is 13.9. The van der Waals surface area contributed by atoms with Gasteiger partial charge in [-0.3, -0.25) is 14.2 Å². The van der Waals surface area contributed by atoms with Gasteiger partial charge >= 0.3 is 4.87 Å². The third-order valence-corrected chi connectivity index (χ3v) is 6.13. The zero-order valence-electron chi connectivity index (χ0n) is 15.3. The quantitative estimate of drug-likeness (QED) is 0.623. The molecule has 0 radical (unpaired) electrons. The van der Waals surface area contributed by atoms with E-state index in [-0.39, 0.29) is 22.1 Å². The van der Waals surface area contributed by atoms with Gasteiger partial charge in [-0.1, -0.05) is 29.0 Å². The molecule has 136 valence electrons. The molecule has 0 unspecified atom stereocenters. The number of nitrogens with zero attached hydrogens (tertiary/aromatic N) is 1. The second-order valence-electron chi connectivity index (χ2n) is 6.58. The number of benzene rings is 2. The first kappa shape index (κ1) is 18.7. The highest BCUT2D eigenvalue weighted by atomic mass is 32.2. The Bertz CT molecular complexity index is 987. The first-order valence-electron chi connectivity index (χ1n) is 8.54. The van der Waals surface area contributed by atoms with Crippen LogP contribution in [0.1, 0.15) is 32.4 Å². The van der Waals surface area contributed by atoms with Crippen LogP contribution >= 0.6 is 23.1 Å². The van der Waals surface area contributed by atoms with Crippen LogP contribution in [-0.2, 0) is 4.79 Å². The van der Waals surface area contributed by atoms with Crippen molar-refractivity contribution in [2.24, 2.45) is 0 Å². The number of aryl methyl sites for hydroxylation is 1. The van der Waals surface area contributed by atoms with Gasteiger partial charge in [0.2, 0.25) is 5.91 Å². The molecule has 0 fully saturated rings. The average molecular weight is 387 g/mol. The Labute approximate surface area is 161 Å². The van der Waals surface area contributed by atoms with Gasteiger partial charge in [-0.05, 0) is 58.0 Å². The van der Waals surface area contributed by atoms with Gasteiger partial charge in [0.1, 0.15) is 0 Å². The number of carbonyl (C=O) groups is 1. The van der Waals surface area contributed by atoms with E-state index in [1.54, 1.807) is 4.57 Å². The molecule has 1 N–H and O–H groups in total. The van der Waals surface area contributed by atoms with Crippen LogP contribution < -0.4 is 10.2 Å². The summed E-state index contributed by atoms with van der Waals surface area (Å²) in [5, 5.41) is 2.74. The van der Waals surface area contributed by atoms with Crippen molar-refractivity contribution in [1.29, 1.82) is 0 Å². The normalized spacial score (nSPS) is 12.5. The Morgan fingerprint density at radius 2 is 1.81 bits per heavy atom. The molecule has 0 saturated carbocycles. The monoisotopic (exact) mass is 386 g/mol. The van der Waals surface area contributed by atoms with Crippen molar-refractivity contribution in [3.05, 3.63) is 57.7 Å². The van der Waals surface area contributed by atoms with Crippen molar-refractivity contribution in [2.45, 2.75) is 43.9 Å². The Hall–Kier alpha value is -2.05. The minimum absolute atomic E-state index is 0.0294. The van der Waals surface area contributed by atoms with Crippen molar-refractivity contribution >= 4 is 44.9 Å². The van der Waals surface area contributed by atoms with E-state index in [0.717, 1.165) is 20.8 Å². The predicted octanol–water partition coefficient (Wildman–Crippen LogP) is 5.07. The highest BCUT2D eigenvalue weighted by Crippen LogP contribution is 2.27. The first-order valence-corrected chi connectivity index (χ1v) is 10.2.